The number of carbonyl (C=O) groups is 2. The Morgan fingerprint density at radius 1 is 0.976 bits per heavy atom. The Bertz CT molecular complexity index is 1320. The molecule has 0 atom stereocenters. The van der Waals surface area contributed by atoms with Crippen LogP contribution in [0.3, 0.4) is 0 Å². The number of alkyl halides is 12. The maximum absolute atomic E-state index is 14.8. The van der Waals surface area contributed by atoms with Crippen LogP contribution in [-0.4, -0.2) is 64.9 Å². The molecule has 0 fully saturated rings. The lowest BCUT2D eigenvalue weighted by Crippen LogP contribution is -2.62. The van der Waals surface area contributed by atoms with E-state index in [1.54, 1.807) is 0 Å². The van der Waals surface area contributed by atoms with E-state index < -0.39 is 88.7 Å². The molecule has 1 aromatic heterocycles. The summed E-state index contributed by atoms with van der Waals surface area (Å²) in [5.41, 5.74) is -1.71. The van der Waals surface area contributed by atoms with Crippen molar-refractivity contribution in [2.45, 2.75) is 48.9 Å². The number of hydrogen-bond acceptors (Lipinski definition) is 5. The van der Waals surface area contributed by atoms with Crippen molar-refractivity contribution in [3.63, 3.8) is 0 Å². The van der Waals surface area contributed by atoms with E-state index in [1.807, 2.05) is 5.32 Å². The maximum Gasteiger partial charge on any atom is 0.460 e. The number of rotatable bonds is 9. The normalized spacial score (nSPS) is 13.3. The molecule has 1 heterocycles. The number of hydrogen-bond donors (Lipinski definition) is 3. The first-order valence-electron chi connectivity index (χ1n) is 10.4. The van der Waals surface area contributed by atoms with Gasteiger partial charge in [-0.3, -0.25) is 9.59 Å². The van der Waals surface area contributed by atoms with Gasteiger partial charge < -0.3 is 15.4 Å². The lowest BCUT2D eigenvalue weighted by molar-refractivity contribution is -0.398. The van der Waals surface area contributed by atoms with Crippen LogP contribution in [0.15, 0.2) is 17.0 Å². The zero-order valence-electron chi connectivity index (χ0n) is 20.0. The number of amides is 2. The van der Waals surface area contributed by atoms with Crippen molar-refractivity contribution < 1.29 is 71.4 Å². The fourth-order valence-corrected chi connectivity index (χ4v) is 3.20. The molecule has 0 unspecified atom stereocenters. The minimum absolute atomic E-state index is 0.228. The third kappa shape index (κ3) is 6.92. The number of carbonyl (C=O) groups excluding carboxylic acids is 2. The lowest BCUT2D eigenvalue weighted by Gasteiger charge is -2.33. The number of benzene rings is 1. The molecule has 0 saturated heterocycles. The van der Waals surface area contributed by atoms with Gasteiger partial charge in [0.25, 0.3) is 5.91 Å². The predicted octanol–water partition coefficient (Wildman–Crippen LogP) is 5.71. The van der Waals surface area contributed by atoms with Crippen LogP contribution in [-0.2, 0) is 4.79 Å². The van der Waals surface area contributed by atoms with E-state index in [0.29, 0.717) is 12.1 Å². The quantitative estimate of drug-likeness (QED) is 0.243. The highest BCUT2D eigenvalue weighted by atomic mass is 32.1. The van der Waals surface area contributed by atoms with Crippen molar-refractivity contribution in [1.29, 1.82) is 0 Å². The average molecular weight is 638 g/mol. The van der Waals surface area contributed by atoms with Gasteiger partial charge in [0.15, 0.2) is 12.4 Å². The van der Waals surface area contributed by atoms with Gasteiger partial charge in [-0.2, -0.15) is 52.7 Å². The van der Waals surface area contributed by atoms with Gasteiger partial charge in [0.2, 0.25) is 11.8 Å². The molecule has 7 nitrogen and oxygen atoms in total. The summed E-state index contributed by atoms with van der Waals surface area (Å²) < 4.78 is 175. The summed E-state index contributed by atoms with van der Waals surface area (Å²) in [4.78, 5) is 23.0. The van der Waals surface area contributed by atoms with Crippen LogP contribution >= 0.6 is 12.6 Å². The van der Waals surface area contributed by atoms with Crippen molar-refractivity contribution >= 4 is 30.3 Å². The number of anilines is 1. The van der Waals surface area contributed by atoms with Crippen molar-refractivity contribution in [1.82, 2.24) is 15.1 Å². The van der Waals surface area contributed by atoms with Crippen LogP contribution < -0.4 is 15.4 Å². The summed E-state index contributed by atoms with van der Waals surface area (Å²) in [5, 5.41) is 6.82. The Morgan fingerprint density at radius 3 is 2.02 bits per heavy atom. The highest BCUT2D eigenvalue weighted by Crippen LogP contribution is 2.53. The minimum Gasteiger partial charge on any atom is -0.469 e. The predicted molar refractivity (Wildman–Crippen MR) is 115 cm³/mol. The standard InChI is InChI=1S/C20H15F13N4O3S/c1-7-3-10(21)11(4-9(7)14(39)34-5-17(24,25)26)37-13(35-8(2)38)12(41)15(36-37)40-6-16(22,23)18(27,28)19(29,30)20(31,32)33/h3-4,41H,5-6H2,1-2H3,(H,34,39)(H,35,38). The maximum atomic E-state index is 14.8. The number of nitrogens with one attached hydrogen (secondary N) is 2. The Labute approximate surface area is 225 Å². The molecule has 1 aromatic carbocycles. The van der Waals surface area contributed by atoms with Crippen LogP contribution in [0.4, 0.5) is 62.9 Å². The topological polar surface area (TPSA) is 85.2 Å². The molecule has 0 spiro atoms. The second kappa shape index (κ2) is 11.1. The Morgan fingerprint density at radius 2 is 1.54 bits per heavy atom. The largest absolute Gasteiger partial charge is 0.469 e. The molecule has 0 saturated carbocycles. The molecular formula is C20H15F13N4O3S. The molecule has 0 aliphatic rings. The van der Waals surface area contributed by atoms with E-state index in [4.69, 9.17) is 0 Å². The van der Waals surface area contributed by atoms with Crippen molar-refractivity contribution in [3.8, 4) is 11.6 Å². The number of halogens is 13. The first kappa shape index (κ1) is 33.8. The summed E-state index contributed by atoms with van der Waals surface area (Å²) in [7, 11) is 0. The lowest BCUT2D eigenvalue weighted by atomic mass is 10.0. The van der Waals surface area contributed by atoms with E-state index in [2.05, 4.69) is 22.5 Å². The molecule has 2 rings (SSSR count). The molecular weight excluding hydrogens is 623 g/mol. The smallest absolute Gasteiger partial charge is 0.460 e. The third-order valence-corrected chi connectivity index (χ3v) is 5.34. The van der Waals surface area contributed by atoms with Gasteiger partial charge in [0.05, 0.1) is 0 Å². The second-order valence-corrected chi connectivity index (χ2v) is 8.60. The Balaban J connectivity index is 2.56. The van der Waals surface area contributed by atoms with Crippen LogP contribution in [0.1, 0.15) is 22.8 Å². The van der Waals surface area contributed by atoms with Crippen molar-refractivity contribution in [2.75, 3.05) is 18.5 Å². The third-order valence-electron chi connectivity index (χ3n) is 4.94. The van der Waals surface area contributed by atoms with E-state index in [0.717, 1.165) is 13.8 Å². The number of ether oxygens (including phenoxy) is 1. The highest BCUT2D eigenvalue weighted by molar-refractivity contribution is 7.80. The fraction of sp³-hybridized carbons (Fsp3) is 0.450. The van der Waals surface area contributed by atoms with Crippen LogP contribution in [0, 0.1) is 12.7 Å². The van der Waals surface area contributed by atoms with Gasteiger partial charge in [-0.25, -0.2) is 9.07 Å². The Hall–Kier alpha value is -3.39. The summed E-state index contributed by atoms with van der Waals surface area (Å²) >= 11 is 3.74. The van der Waals surface area contributed by atoms with Gasteiger partial charge in [-0.15, -0.1) is 17.7 Å². The molecule has 0 bridgehead atoms. The van der Waals surface area contributed by atoms with Gasteiger partial charge in [-0.1, -0.05) is 0 Å². The van der Waals surface area contributed by atoms with Gasteiger partial charge in [-0.05, 0) is 24.6 Å². The van der Waals surface area contributed by atoms with Crippen LogP contribution in [0.25, 0.3) is 5.69 Å². The SMILES string of the molecule is CC(=O)Nc1c(S)c(OCC(F)(F)C(F)(F)C(F)(F)C(F)(F)F)nn1-c1cc(C(=O)NCC(F)(F)F)c(C)cc1F. The molecule has 21 heteroatoms. The molecule has 2 N–H and O–H groups in total. The fourth-order valence-electron chi connectivity index (χ4n) is 2.94. The molecule has 0 radical (unpaired) electrons. The zero-order chi connectivity index (χ0) is 31.9. The van der Waals surface area contributed by atoms with Gasteiger partial charge in [0, 0.05) is 12.5 Å². The first-order chi connectivity index (χ1) is 18.3. The monoisotopic (exact) mass is 638 g/mol. The average Bonchev–Trinajstić information content (AvgIpc) is 3.09. The van der Waals surface area contributed by atoms with E-state index in [-0.39, 0.29) is 10.2 Å². The number of thiol groups is 1. The van der Waals surface area contributed by atoms with Gasteiger partial charge in [0.1, 0.15) is 22.9 Å². The first-order valence-corrected chi connectivity index (χ1v) is 10.9. The summed E-state index contributed by atoms with van der Waals surface area (Å²) in [6.45, 7) is -2.73. The summed E-state index contributed by atoms with van der Waals surface area (Å²) in [5.74, 6) is -26.3. The van der Waals surface area contributed by atoms with E-state index in [9.17, 15) is 66.7 Å². The zero-order valence-corrected chi connectivity index (χ0v) is 20.9. The van der Waals surface area contributed by atoms with E-state index >= 15 is 0 Å². The highest BCUT2D eigenvalue weighted by Gasteiger charge is 2.82. The number of aryl methyl sites for hydroxylation is 1. The summed E-state index contributed by atoms with van der Waals surface area (Å²) in [6.07, 6.45) is -11.9. The molecule has 2 aromatic rings. The van der Waals surface area contributed by atoms with Gasteiger partial charge >= 0.3 is 30.1 Å². The molecule has 0 aliphatic heterocycles. The molecule has 0 aliphatic carbocycles. The molecule has 41 heavy (non-hydrogen) atoms. The number of nitrogens with zero attached hydrogens (tertiary/aromatic N) is 2. The van der Waals surface area contributed by atoms with E-state index in [1.165, 1.54) is 5.32 Å². The van der Waals surface area contributed by atoms with Crippen molar-refractivity contribution in [2.24, 2.45) is 0 Å². The minimum atomic E-state index is -7.22. The second-order valence-electron chi connectivity index (χ2n) is 8.15. The molecule has 230 valence electrons. The molecule has 2 amide bonds. The van der Waals surface area contributed by atoms with Crippen LogP contribution in [0.5, 0.6) is 5.88 Å². The van der Waals surface area contributed by atoms with Crippen molar-refractivity contribution in [3.05, 3.63) is 29.1 Å². The van der Waals surface area contributed by atoms with Crippen LogP contribution in [0.2, 0.25) is 0 Å². The Kier molecular flexibility index (Phi) is 9.17. The summed E-state index contributed by atoms with van der Waals surface area (Å²) in [6, 6.07) is 1.18. The number of aromatic nitrogens is 2.